The number of hydrogen-bond acceptors (Lipinski definition) is 4. The normalized spacial score (nSPS) is 15.5. The van der Waals surface area contributed by atoms with Gasteiger partial charge in [0.2, 0.25) is 10.0 Å². The second-order valence-corrected chi connectivity index (χ2v) is 8.36. The maximum absolute atomic E-state index is 12.3. The van der Waals surface area contributed by atoms with Gasteiger partial charge < -0.3 is 10.2 Å². The van der Waals surface area contributed by atoms with E-state index in [9.17, 15) is 8.42 Å². The first kappa shape index (κ1) is 17.9. The van der Waals surface area contributed by atoms with Crippen LogP contribution in [-0.4, -0.2) is 45.2 Å². The zero-order valence-corrected chi connectivity index (χ0v) is 15.4. The lowest BCUT2D eigenvalue weighted by atomic mass is 10.1. The number of anilines is 1. The lowest BCUT2D eigenvalue weighted by Crippen LogP contribution is -2.44. The van der Waals surface area contributed by atoms with Gasteiger partial charge in [-0.3, -0.25) is 0 Å². The van der Waals surface area contributed by atoms with Gasteiger partial charge in [-0.15, -0.1) is 0 Å². The van der Waals surface area contributed by atoms with Crippen molar-refractivity contribution in [2.75, 3.05) is 37.3 Å². The van der Waals surface area contributed by atoms with Crippen molar-refractivity contribution in [2.45, 2.75) is 13.1 Å². The molecule has 0 spiro atoms. The zero-order chi connectivity index (χ0) is 17.7. The summed E-state index contributed by atoms with van der Waals surface area (Å²) >= 11 is 0. The van der Waals surface area contributed by atoms with Crippen LogP contribution in [0.1, 0.15) is 11.1 Å². The summed E-state index contributed by atoms with van der Waals surface area (Å²) in [5.41, 5.74) is 3.17. The molecule has 0 bridgehead atoms. The topological polar surface area (TPSA) is 52.7 Å². The van der Waals surface area contributed by atoms with Gasteiger partial charge in [0.25, 0.3) is 0 Å². The van der Waals surface area contributed by atoms with E-state index in [4.69, 9.17) is 0 Å². The molecule has 0 unspecified atom stereocenters. The molecule has 1 aliphatic rings. The Balaban J connectivity index is 1.85. The Hall–Kier alpha value is -1.89. The predicted octanol–water partition coefficient (Wildman–Crippen LogP) is 2.06. The van der Waals surface area contributed by atoms with Crippen molar-refractivity contribution in [3.8, 4) is 0 Å². The second-order valence-electron chi connectivity index (χ2n) is 6.38. The fraction of sp³-hybridized carbons (Fsp3) is 0.368. The fourth-order valence-electron chi connectivity index (χ4n) is 3.13. The van der Waals surface area contributed by atoms with Crippen molar-refractivity contribution in [1.29, 1.82) is 0 Å². The summed E-state index contributed by atoms with van der Waals surface area (Å²) in [5.74, 6) is 0. The second kappa shape index (κ2) is 7.99. The van der Waals surface area contributed by atoms with E-state index in [2.05, 4.69) is 16.3 Å². The van der Waals surface area contributed by atoms with Gasteiger partial charge in [0.05, 0.1) is 6.26 Å². The maximum Gasteiger partial charge on any atom is 0.211 e. The van der Waals surface area contributed by atoms with Gasteiger partial charge in [0, 0.05) is 45.0 Å². The molecule has 1 N–H and O–H groups in total. The third-order valence-electron chi connectivity index (χ3n) is 4.47. The highest BCUT2D eigenvalue weighted by atomic mass is 32.2. The molecule has 2 aromatic rings. The van der Waals surface area contributed by atoms with E-state index in [0.717, 1.165) is 43.0 Å². The fourth-order valence-corrected chi connectivity index (χ4v) is 3.88. The Labute approximate surface area is 150 Å². The van der Waals surface area contributed by atoms with Crippen molar-refractivity contribution in [3.05, 3.63) is 65.7 Å². The minimum atomic E-state index is -3.31. The summed E-state index contributed by atoms with van der Waals surface area (Å²) in [6.07, 6.45) is 1.28. The number of sulfonamides is 1. The molecule has 6 heteroatoms. The Morgan fingerprint density at radius 3 is 2.28 bits per heavy atom. The third kappa shape index (κ3) is 4.81. The van der Waals surface area contributed by atoms with Gasteiger partial charge >= 0.3 is 0 Å². The molecule has 1 saturated heterocycles. The Bertz CT molecular complexity index is 787. The SMILES string of the molecule is CS(=O)(=O)N(Cc1ccccc1)Cc1ccccc1N1CCNCC1. The first-order chi connectivity index (χ1) is 12.0. The highest BCUT2D eigenvalue weighted by Gasteiger charge is 2.21. The summed E-state index contributed by atoms with van der Waals surface area (Å²) < 4.78 is 26.2. The van der Waals surface area contributed by atoms with Crippen molar-refractivity contribution >= 4 is 15.7 Å². The highest BCUT2D eigenvalue weighted by molar-refractivity contribution is 7.88. The highest BCUT2D eigenvalue weighted by Crippen LogP contribution is 2.24. The quantitative estimate of drug-likeness (QED) is 0.858. The van der Waals surface area contributed by atoms with Crippen molar-refractivity contribution in [2.24, 2.45) is 0 Å². The summed E-state index contributed by atoms with van der Waals surface area (Å²) in [7, 11) is -3.31. The molecule has 0 atom stereocenters. The number of para-hydroxylation sites is 1. The van der Waals surface area contributed by atoms with Crippen molar-refractivity contribution in [3.63, 3.8) is 0 Å². The van der Waals surface area contributed by atoms with Crippen molar-refractivity contribution in [1.82, 2.24) is 9.62 Å². The minimum absolute atomic E-state index is 0.383. The lowest BCUT2D eigenvalue weighted by Gasteiger charge is -2.32. The number of piperazine rings is 1. The number of nitrogens with zero attached hydrogens (tertiary/aromatic N) is 2. The molecule has 134 valence electrons. The Kier molecular flexibility index (Phi) is 5.73. The third-order valence-corrected chi connectivity index (χ3v) is 5.66. The maximum atomic E-state index is 12.3. The van der Waals surface area contributed by atoms with Crippen LogP contribution in [0.15, 0.2) is 54.6 Å². The van der Waals surface area contributed by atoms with E-state index in [1.54, 1.807) is 4.31 Å². The lowest BCUT2D eigenvalue weighted by molar-refractivity contribution is 0.405. The molecular formula is C19H25N3O2S. The average Bonchev–Trinajstić information content (AvgIpc) is 2.62. The summed E-state index contributed by atoms with van der Waals surface area (Å²) in [6, 6.07) is 17.8. The van der Waals surface area contributed by atoms with Gasteiger partial charge in [-0.2, -0.15) is 4.31 Å². The van der Waals surface area contributed by atoms with Crippen LogP contribution in [0, 0.1) is 0 Å². The first-order valence-electron chi connectivity index (χ1n) is 8.56. The smallest absolute Gasteiger partial charge is 0.211 e. The van der Waals surface area contributed by atoms with Gasteiger partial charge in [-0.05, 0) is 17.2 Å². The van der Waals surface area contributed by atoms with E-state index >= 15 is 0 Å². The van der Waals surface area contributed by atoms with Gasteiger partial charge in [0.15, 0.2) is 0 Å². The Morgan fingerprint density at radius 2 is 1.60 bits per heavy atom. The van der Waals surface area contributed by atoms with E-state index in [-0.39, 0.29) is 0 Å². The van der Waals surface area contributed by atoms with E-state index in [1.807, 2.05) is 48.5 Å². The molecule has 25 heavy (non-hydrogen) atoms. The molecule has 5 nitrogen and oxygen atoms in total. The van der Waals surface area contributed by atoms with Gasteiger partial charge in [0.1, 0.15) is 0 Å². The van der Waals surface area contributed by atoms with Crippen LogP contribution in [0.2, 0.25) is 0 Å². The molecule has 2 aromatic carbocycles. The molecule has 0 aromatic heterocycles. The number of benzene rings is 2. The average molecular weight is 359 g/mol. The summed E-state index contributed by atoms with van der Waals surface area (Å²) in [5, 5.41) is 3.35. The molecular weight excluding hydrogens is 334 g/mol. The molecule has 1 aliphatic heterocycles. The number of rotatable bonds is 6. The van der Waals surface area contributed by atoms with Crippen LogP contribution in [0.25, 0.3) is 0 Å². The predicted molar refractivity (Wildman–Crippen MR) is 102 cm³/mol. The van der Waals surface area contributed by atoms with Gasteiger partial charge in [-0.25, -0.2) is 8.42 Å². The van der Waals surface area contributed by atoms with Crippen LogP contribution >= 0.6 is 0 Å². The minimum Gasteiger partial charge on any atom is -0.369 e. The monoisotopic (exact) mass is 359 g/mol. The molecule has 3 rings (SSSR count). The number of hydrogen-bond donors (Lipinski definition) is 1. The van der Waals surface area contributed by atoms with Crippen LogP contribution < -0.4 is 10.2 Å². The van der Waals surface area contributed by atoms with Crippen LogP contribution in [0.3, 0.4) is 0 Å². The van der Waals surface area contributed by atoms with Crippen LogP contribution in [0.4, 0.5) is 5.69 Å². The Morgan fingerprint density at radius 1 is 0.960 bits per heavy atom. The standard InChI is InChI=1S/C19H25N3O2S/c1-25(23,24)22(15-17-7-3-2-4-8-17)16-18-9-5-6-10-19(18)21-13-11-20-12-14-21/h2-10,20H,11-16H2,1H3. The van der Waals surface area contributed by atoms with E-state index in [0.29, 0.717) is 13.1 Å². The molecule has 1 heterocycles. The molecule has 0 aliphatic carbocycles. The van der Waals surface area contributed by atoms with Crippen molar-refractivity contribution < 1.29 is 8.42 Å². The summed E-state index contributed by atoms with van der Waals surface area (Å²) in [4.78, 5) is 2.33. The zero-order valence-electron chi connectivity index (χ0n) is 14.6. The van der Waals surface area contributed by atoms with Crippen LogP contribution in [0.5, 0.6) is 0 Å². The van der Waals surface area contributed by atoms with Gasteiger partial charge in [-0.1, -0.05) is 48.5 Å². The molecule has 0 radical (unpaired) electrons. The van der Waals surface area contributed by atoms with Crippen LogP contribution in [-0.2, 0) is 23.1 Å². The van der Waals surface area contributed by atoms with E-state index in [1.165, 1.54) is 6.26 Å². The summed E-state index contributed by atoms with van der Waals surface area (Å²) in [6.45, 7) is 4.55. The molecule has 0 amide bonds. The molecule has 0 saturated carbocycles. The molecule has 1 fully saturated rings. The number of nitrogens with one attached hydrogen (secondary N) is 1. The first-order valence-corrected chi connectivity index (χ1v) is 10.4. The van der Waals surface area contributed by atoms with E-state index < -0.39 is 10.0 Å². The largest absolute Gasteiger partial charge is 0.369 e.